The fourth-order valence-electron chi connectivity index (χ4n) is 2.63. The van der Waals surface area contributed by atoms with Crippen LogP contribution in [0, 0.1) is 0 Å². The zero-order valence-electron chi connectivity index (χ0n) is 13.4. The number of hydrogen-bond donors (Lipinski definition) is 1. The lowest BCUT2D eigenvalue weighted by Crippen LogP contribution is -2.11. The van der Waals surface area contributed by atoms with Crippen molar-refractivity contribution < 1.29 is 9.53 Å². The molecule has 0 fully saturated rings. The Balaban J connectivity index is 1.70. The summed E-state index contributed by atoms with van der Waals surface area (Å²) in [4.78, 5) is 18.2. The van der Waals surface area contributed by atoms with Gasteiger partial charge in [-0.2, -0.15) is 5.10 Å². The third-order valence-electron chi connectivity index (χ3n) is 3.76. The van der Waals surface area contributed by atoms with Crippen molar-refractivity contribution in [3.63, 3.8) is 0 Å². The number of ether oxygens (including phenoxy) is 1. The highest BCUT2D eigenvalue weighted by Gasteiger charge is 2.15. The second-order valence-electron chi connectivity index (χ2n) is 5.51. The number of rotatable bonds is 3. The van der Waals surface area contributed by atoms with Crippen LogP contribution in [0.15, 0.2) is 36.5 Å². The fourth-order valence-corrected chi connectivity index (χ4v) is 3.76. The number of aromatic nitrogens is 3. The predicted octanol–water partition coefficient (Wildman–Crippen LogP) is 4.10. The van der Waals surface area contributed by atoms with Gasteiger partial charge in [-0.1, -0.05) is 11.6 Å². The van der Waals surface area contributed by atoms with Crippen molar-refractivity contribution in [3.8, 4) is 5.75 Å². The summed E-state index contributed by atoms with van der Waals surface area (Å²) in [7, 11) is 3.41. The Morgan fingerprint density at radius 1 is 1.28 bits per heavy atom. The largest absolute Gasteiger partial charge is 0.494 e. The van der Waals surface area contributed by atoms with Crippen molar-refractivity contribution >= 4 is 55.7 Å². The molecule has 1 N–H and O–H groups in total. The van der Waals surface area contributed by atoms with Gasteiger partial charge in [-0.15, -0.1) is 11.3 Å². The third-order valence-corrected chi connectivity index (χ3v) is 5.02. The zero-order chi connectivity index (χ0) is 17.6. The standard InChI is InChI=1S/C17H13ClN4O2S/c1-22-8-10-5-12(13(24-2)7-11(10)21-22)19-16(23)14-6-9-3-4-15(18)20-17(9)25-14/h3-8H,1-2H3,(H,19,23). The van der Waals surface area contributed by atoms with E-state index in [1.165, 1.54) is 11.3 Å². The Bertz CT molecular complexity index is 1120. The lowest BCUT2D eigenvalue weighted by Gasteiger charge is -2.09. The highest BCUT2D eigenvalue weighted by atomic mass is 35.5. The van der Waals surface area contributed by atoms with Gasteiger partial charge in [0.15, 0.2) is 0 Å². The van der Waals surface area contributed by atoms with E-state index in [1.807, 2.05) is 25.4 Å². The van der Waals surface area contributed by atoms with Crippen LogP contribution in [-0.2, 0) is 7.05 Å². The molecule has 0 saturated heterocycles. The number of aryl methyl sites for hydroxylation is 1. The monoisotopic (exact) mass is 372 g/mol. The molecule has 4 rings (SSSR count). The van der Waals surface area contributed by atoms with E-state index in [0.717, 1.165) is 21.1 Å². The molecule has 8 heteroatoms. The maximum absolute atomic E-state index is 12.6. The number of thiophene rings is 1. The van der Waals surface area contributed by atoms with E-state index in [1.54, 1.807) is 30.0 Å². The molecule has 0 aliphatic heterocycles. The summed E-state index contributed by atoms with van der Waals surface area (Å²) >= 11 is 7.20. The molecule has 0 saturated carbocycles. The van der Waals surface area contributed by atoms with Crippen LogP contribution in [0.25, 0.3) is 21.1 Å². The Morgan fingerprint density at radius 2 is 2.12 bits per heavy atom. The van der Waals surface area contributed by atoms with Crippen LogP contribution in [0.3, 0.4) is 0 Å². The third kappa shape index (κ3) is 2.92. The van der Waals surface area contributed by atoms with Gasteiger partial charge in [-0.05, 0) is 24.3 Å². The number of pyridine rings is 1. The first kappa shape index (κ1) is 15.9. The van der Waals surface area contributed by atoms with Gasteiger partial charge in [0.2, 0.25) is 0 Å². The first-order chi connectivity index (χ1) is 12.0. The van der Waals surface area contributed by atoms with Gasteiger partial charge in [0.1, 0.15) is 15.7 Å². The van der Waals surface area contributed by atoms with Gasteiger partial charge in [0.25, 0.3) is 5.91 Å². The minimum Gasteiger partial charge on any atom is -0.494 e. The van der Waals surface area contributed by atoms with E-state index in [-0.39, 0.29) is 5.91 Å². The molecule has 6 nitrogen and oxygen atoms in total. The topological polar surface area (TPSA) is 69.0 Å². The first-order valence-corrected chi connectivity index (χ1v) is 8.62. The second kappa shape index (κ2) is 6.02. The minimum absolute atomic E-state index is 0.222. The van der Waals surface area contributed by atoms with Crippen molar-refractivity contribution in [2.45, 2.75) is 0 Å². The van der Waals surface area contributed by atoms with E-state index in [2.05, 4.69) is 15.4 Å². The Hall–Kier alpha value is -2.64. The molecule has 4 aromatic rings. The smallest absolute Gasteiger partial charge is 0.265 e. The number of hydrogen-bond acceptors (Lipinski definition) is 5. The number of nitrogens with one attached hydrogen (secondary N) is 1. The number of nitrogens with zero attached hydrogens (tertiary/aromatic N) is 3. The number of halogens is 1. The molecule has 0 unspecified atom stereocenters. The van der Waals surface area contributed by atoms with Crippen molar-refractivity contribution in [1.82, 2.24) is 14.8 Å². The fraction of sp³-hybridized carbons (Fsp3) is 0.118. The molecular weight excluding hydrogens is 360 g/mol. The maximum atomic E-state index is 12.6. The molecule has 3 heterocycles. The van der Waals surface area contributed by atoms with E-state index >= 15 is 0 Å². The van der Waals surface area contributed by atoms with Gasteiger partial charge < -0.3 is 10.1 Å². The molecule has 0 aliphatic carbocycles. The molecule has 126 valence electrons. The summed E-state index contributed by atoms with van der Waals surface area (Å²) in [6.07, 6.45) is 1.88. The van der Waals surface area contributed by atoms with Crippen molar-refractivity contribution in [1.29, 1.82) is 0 Å². The number of fused-ring (bicyclic) bond motifs is 2. The van der Waals surface area contributed by atoms with E-state index < -0.39 is 0 Å². The van der Waals surface area contributed by atoms with Gasteiger partial charge in [-0.25, -0.2) is 4.98 Å². The van der Waals surface area contributed by atoms with Gasteiger partial charge >= 0.3 is 0 Å². The van der Waals surface area contributed by atoms with Gasteiger partial charge in [0, 0.05) is 30.1 Å². The summed E-state index contributed by atoms with van der Waals surface area (Å²) < 4.78 is 7.10. The summed E-state index contributed by atoms with van der Waals surface area (Å²) in [5.74, 6) is 0.336. The Morgan fingerprint density at radius 3 is 2.92 bits per heavy atom. The normalized spacial score (nSPS) is 11.2. The number of carbonyl (C=O) groups is 1. The lowest BCUT2D eigenvalue weighted by molar-refractivity contribution is 0.103. The highest BCUT2D eigenvalue weighted by Crippen LogP contribution is 2.31. The molecule has 3 aromatic heterocycles. The molecule has 0 radical (unpaired) electrons. The van der Waals surface area contributed by atoms with Crippen molar-refractivity contribution in [3.05, 3.63) is 46.6 Å². The van der Waals surface area contributed by atoms with Crippen LogP contribution in [-0.4, -0.2) is 27.8 Å². The van der Waals surface area contributed by atoms with Crippen molar-refractivity contribution in [2.75, 3.05) is 12.4 Å². The molecule has 0 spiro atoms. The Labute approximate surface area is 152 Å². The van der Waals surface area contributed by atoms with E-state index in [9.17, 15) is 4.79 Å². The van der Waals surface area contributed by atoms with Crippen LogP contribution < -0.4 is 10.1 Å². The molecule has 25 heavy (non-hydrogen) atoms. The average Bonchev–Trinajstić information content (AvgIpc) is 3.15. The van der Waals surface area contributed by atoms with Crippen LogP contribution in [0.4, 0.5) is 5.69 Å². The minimum atomic E-state index is -0.222. The van der Waals surface area contributed by atoms with Crippen LogP contribution in [0.2, 0.25) is 5.15 Å². The molecule has 0 bridgehead atoms. The van der Waals surface area contributed by atoms with Crippen LogP contribution in [0.1, 0.15) is 9.67 Å². The lowest BCUT2D eigenvalue weighted by atomic mass is 10.2. The molecule has 0 atom stereocenters. The molecule has 1 amide bonds. The summed E-state index contributed by atoms with van der Waals surface area (Å²) in [6, 6.07) is 9.00. The quantitative estimate of drug-likeness (QED) is 0.550. The van der Waals surface area contributed by atoms with Crippen LogP contribution >= 0.6 is 22.9 Å². The average molecular weight is 373 g/mol. The SMILES string of the molecule is COc1cc2nn(C)cc2cc1NC(=O)c1cc2ccc(Cl)nc2s1. The second-order valence-corrected chi connectivity index (χ2v) is 6.93. The predicted molar refractivity (Wildman–Crippen MR) is 99.8 cm³/mol. The van der Waals surface area contributed by atoms with Gasteiger partial charge in [-0.3, -0.25) is 9.48 Å². The van der Waals surface area contributed by atoms with Gasteiger partial charge in [0.05, 0.1) is 23.2 Å². The number of methoxy groups -OCH3 is 1. The summed E-state index contributed by atoms with van der Waals surface area (Å²) in [6.45, 7) is 0. The highest BCUT2D eigenvalue weighted by molar-refractivity contribution is 7.20. The number of amides is 1. The van der Waals surface area contributed by atoms with Crippen molar-refractivity contribution in [2.24, 2.45) is 7.05 Å². The molecule has 0 aliphatic rings. The maximum Gasteiger partial charge on any atom is 0.265 e. The molecule has 1 aromatic carbocycles. The van der Waals surface area contributed by atoms with Crippen LogP contribution in [0.5, 0.6) is 5.75 Å². The van der Waals surface area contributed by atoms with E-state index in [0.29, 0.717) is 21.5 Å². The summed E-state index contributed by atoms with van der Waals surface area (Å²) in [5.41, 5.74) is 1.40. The number of carbonyl (C=O) groups excluding carboxylic acids is 1. The van der Waals surface area contributed by atoms with E-state index in [4.69, 9.17) is 16.3 Å². The zero-order valence-corrected chi connectivity index (χ0v) is 15.0. The number of anilines is 1. The summed E-state index contributed by atoms with van der Waals surface area (Å²) in [5, 5.41) is 9.46. The molecular formula is C17H13ClN4O2S. The first-order valence-electron chi connectivity index (χ1n) is 7.42. The number of benzene rings is 1. The Kier molecular flexibility index (Phi) is 3.82.